The van der Waals surface area contributed by atoms with Crippen LogP contribution in [0.3, 0.4) is 0 Å². The van der Waals surface area contributed by atoms with Crippen LogP contribution in [0.1, 0.15) is 119 Å². The summed E-state index contributed by atoms with van der Waals surface area (Å²) in [6.07, 6.45) is 13.4. The Labute approximate surface area is 196 Å². The second-order valence-corrected chi connectivity index (χ2v) is 13.2. The first kappa shape index (κ1) is 24.3. The summed E-state index contributed by atoms with van der Waals surface area (Å²) >= 11 is 0. The summed E-state index contributed by atoms with van der Waals surface area (Å²) in [5, 5.41) is 0. The summed E-state index contributed by atoms with van der Waals surface area (Å²) in [5.74, 6) is 3.82. The SMILES string of the molecule is CCC(C)(C)OC(=O)CCC(C)C1CCC2C3C(=O)CC4CCCCC4(C)C3CCC12C. The molecule has 4 saturated carbocycles. The van der Waals surface area contributed by atoms with Gasteiger partial charge in [-0.25, -0.2) is 0 Å². The van der Waals surface area contributed by atoms with E-state index in [-0.39, 0.29) is 17.0 Å². The van der Waals surface area contributed by atoms with Crippen molar-refractivity contribution in [3.05, 3.63) is 0 Å². The molecule has 0 aromatic heterocycles. The van der Waals surface area contributed by atoms with E-state index in [2.05, 4.69) is 27.7 Å². The lowest BCUT2D eigenvalue weighted by atomic mass is 9.44. The number of carbonyl (C=O) groups excluding carboxylic acids is 2. The van der Waals surface area contributed by atoms with Crippen LogP contribution in [0.15, 0.2) is 0 Å². The molecule has 8 atom stereocenters. The Hall–Kier alpha value is -0.860. The van der Waals surface area contributed by atoms with Gasteiger partial charge in [-0.05, 0) is 106 Å². The average molecular weight is 445 g/mol. The van der Waals surface area contributed by atoms with Crippen LogP contribution >= 0.6 is 0 Å². The maximum atomic E-state index is 13.5. The first-order valence-corrected chi connectivity index (χ1v) is 13.8. The van der Waals surface area contributed by atoms with E-state index in [1.54, 1.807) is 0 Å². The topological polar surface area (TPSA) is 43.4 Å². The van der Waals surface area contributed by atoms with Gasteiger partial charge in [0.2, 0.25) is 0 Å². The monoisotopic (exact) mass is 444 g/mol. The third kappa shape index (κ3) is 4.09. The Bertz CT molecular complexity index is 726. The highest BCUT2D eigenvalue weighted by molar-refractivity contribution is 5.83. The van der Waals surface area contributed by atoms with Gasteiger partial charge in [-0.15, -0.1) is 0 Å². The molecule has 0 N–H and O–H groups in total. The lowest BCUT2D eigenvalue weighted by Crippen LogP contribution is -2.56. The molecule has 0 heterocycles. The molecule has 0 aliphatic heterocycles. The summed E-state index contributed by atoms with van der Waals surface area (Å²) < 4.78 is 5.69. The van der Waals surface area contributed by atoms with Gasteiger partial charge >= 0.3 is 5.97 Å². The lowest BCUT2D eigenvalue weighted by molar-refractivity contribution is -0.157. The van der Waals surface area contributed by atoms with E-state index in [9.17, 15) is 9.59 Å². The van der Waals surface area contributed by atoms with Crippen molar-refractivity contribution in [1.82, 2.24) is 0 Å². The van der Waals surface area contributed by atoms with Gasteiger partial charge in [0.15, 0.2) is 0 Å². The molecule has 4 fully saturated rings. The molecule has 3 heteroatoms. The molecule has 0 spiro atoms. The predicted octanol–water partition coefficient (Wildman–Crippen LogP) is 7.36. The highest BCUT2D eigenvalue weighted by atomic mass is 16.6. The fraction of sp³-hybridized carbons (Fsp3) is 0.931. The Balaban J connectivity index is 1.44. The minimum absolute atomic E-state index is 0.0502. The van der Waals surface area contributed by atoms with Gasteiger partial charge < -0.3 is 4.74 Å². The number of hydrogen-bond donors (Lipinski definition) is 0. The maximum Gasteiger partial charge on any atom is 0.306 e. The highest BCUT2D eigenvalue weighted by Crippen LogP contribution is 2.67. The second kappa shape index (κ2) is 8.73. The normalized spacial score (nSPS) is 42.6. The molecule has 182 valence electrons. The van der Waals surface area contributed by atoms with E-state index in [1.165, 1.54) is 51.4 Å². The number of fused-ring (bicyclic) bond motifs is 5. The molecular weight excluding hydrogens is 396 g/mol. The van der Waals surface area contributed by atoms with Gasteiger partial charge in [-0.2, -0.15) is 0 Å². The Morgan fingerprint density at radius 3 is 2.50 bits per heavy atom. The van der Waals surface area contributed by atoms with Crippen LogP contribution in [0.4, 0.5) is 0 Å². The van der Waals surface area contributed by atoms with Gasteiger partial charge in [0, 0.05) is 18.8 Å². The minimum Gasteiger partial charge on any atom is -0.460 e. The smallest absolute Gasteiger partial charge is 0.306 e. The van der Waals surface area contributed by atoms with Gasteiger partial charge in [0.05, 0.1) is 0 Å². The fourth-order valence-electron chi connectivity index (χ4n) is 8.91. The maximum absolute atomic E-state index is 13.5. The molecule has 3 nitrogen and oxygen atoms in total. The Kier molecular flexibility index (Phi) is 6.62. The number of carbonyl (C=O) groups is 2. The summed E-state index contributed by atoms with van der Waals surface area (Å²) in [5.41, 5.74) is 0.302. The Morgan fingerprint density at radius 2 is 1.78 bits per heavy atom. The molecular formula is C29H48O3. The number of esters is 1. The summed E-state index contributed by atoms with van der Waals surface area (Å²) in [7, 11) is 0. The van der Waals surface area contributed by atoms with E-state index in [4.69, 9.17) is 4.74 Å². The van der Waals surface area contributed by atoms with Crippen molar-refractivity contribution >= 4 is 11.8 Å². The lowest BCUT2D eigenvalue weighted by Gasteiger charge is -2.60. The first-order valence-electron chi connectivity index (χ1n) is 13.8. The van der Waals surface area contributed by atoms with Crippen LogP contribution in [0.25, 0.3) is 0 Å². The molecule has 8 unspecified atom stereocenters. The van der Waals surface area contributed by atoms with Crippen molar-refractivity contribution in [2.75, 3.05) is 0 Å². The number of rotatable bonds is 6. The summed E-state index contributed by atoms with van der Waals surface area (Å²) in [6, 6.07) is 0. The van der Waals surface area contributed by atoms with Crippen molar-refractivity contribution in [2.24, 2.45) is 46.3 Å². The number of ether oxygens (including phenoxy) is 1. The first-order chi connectivity index (χ1) is 15.0. The van der Waals surface area contributed by atoms with Crippen LogP contribution < -0.4 is 0 Å². The van der Waals surface area contributed by atoms with Gasteiger partial charge in [0.1, 0.15) is 11.4 Å². The quantitative estimate of drug-likeness (QED) is 0.402. The molecule has 4 aliphatic carbocycles. The van der Waals surface area contributed by atoms with Crippen molar-refractivity contribution in [3.8, 4) is 0 Å². The van der Waals surface area contributed by atoms with Crippen molar-refractivity contribution in [1.29, 1.82) is 0 Å². The molecule has 0 aromatic rings. The average Bonchev–Trinajstić information content (AvgIpc) is 3.09. The fourth-order valence-corrected chi connectivity index (χ4v) is 8.91. The molecule has 4 rings (SSSR count). The number of hydrogen-bond acceptors (Lipinski definition) is 3. The third-order valence-electron chi connectivity index (χ3n) is 11.2. The molecule has 0 aromatic carbocycles. The number of Topliss-reactive ketones (excluding diaryl/α,β-unsaturated/α-hetero) is 1. The standard InChI is InChI=1S/C29H48O3/c1-7-27(3,4)32-25(31)14-11-19(2)21-12-13-22-26-23(15-17-29(21,22)6)28(5)16-9-8-10-20(28)18-24(26)30/h19-23,26H,7-18H2,1-6H3. The van der Waals surface area contributed by atoms with E-state index in [1.807, 2.05) is 13.8 Å². The zero-order valence-electron chi connectivity index (χ0n) is 21.7. The van der Waals surface area contributed by atoms with E-state index in [0.29, 0.717) is 53.1 Å². The van der Waals surface area contributed by atoms with Crippen LogP contribution in [0, 0.1) is 46.3 Å². The molecule has 32 heavy (non-hydrogen) atoms. The van der Waals surface area contributed by atoms with E-state index >= 15 is 0 Å². The van der Waals surface area contributed by atoms with Crippen molar-refractivity contribution in [2.45, 2.75) is 124 Å². The molecule has 0 saturated heterocycles. The van der Waals surface area contributed by atoms with Crippen LogP contribution in [0.5, 0.6) is 0 Å². The van der Waals surface area contributed by atoms with E-state index < -0.39 is 0 Å². The summed E-state index contributed by atoms with van der Waals surface area (Å²) in [4.78, 5) is 25.9. The largest absolute Gasteiger partial charge is 0.460 e. The summed E-state index contributed by atoms with van der Waals surface area (Å²) in [6.45, 7) is 13.4. The molecule has 0 radical (unpaired) electrons. The number of ketones is 1. The van der Waals surface area contributed by atoms with Crippen LogP contribution in [0.2, 0.25) is 0 Å². The Morgan fingerprint density at radius 1 is 1.06 bits per heavy atom. The minimum atomic E-state index is -0.364. The highest BCUT2D eigenvalue weighted by Gasteiger charge is 2.62. The second-order valence-electron chi connectivity index (χ2n) is 13.2. The molecule has 0 bridgehead atoms. The van der Waals surface area contributed by atoms with Crippen molar-refractivity contribution < 1.29 is 14.3 Å². The van der Waals surface area contributed by atoms with Gasteiger partial charge in [0.25, 0.3) is 0 Å². The third-order valence-corrected chi connectivity index (χ3v) is 11.2. The molecule has 4 aliphatic rings. The van der Waals surface area contributed by atoms with Crippen LogP contribution in [-0.4, -0.2) is 17.4 Å². The molecule has 0 amide bonds. The zero-order valence-corrected chi connectivity index (χ0v) is 21.7. The van der Waals surface area contributed by atoms with Gasteiger partial charge in [-0.1, -0.05) is 40.5 Å². The van der Waals surface area contributed by atoms with Gasteiger partial charge in [-0.3, -0.25) is 9.59 Å². The predicted molar refractivity (Wildman–Crippen MR) is 129 cm³/mol. The van der Waals surface area contributed by atoms with Crippen LogP contribution in [-0.2, 0) is 14.3 Å². The van der Waals surface area contributed by atoms with Crippen molar-refractivity contribution in [3.63, 3.8) is 0 Å². The zero-order chi connectivity index (χ0) is 23.3. The van der Waals surface area contributed by atoms with E-state index in [0.717, 1.165) is 19.3 Å².